The molecule has 1 saturated heterocycles. The largest absolute Gasteiger partial charge is 0.346 e. The van der Waals surface area contributed by atoms with Gasteiger partial charge in [0, 0.05) is 13.1 Å². The number of benzene rings is 1. The third kappa shape index (κ3) is 2.65. The molecular weight excluding hydrogens is 264 g/mol. The number of amides is 1. The second kappa shape index (κ2) is 5.85. The van der Waals surface area contributed by atoms with Crippen molar-refractivity contribution < 1.29 is 4.79 Å². The van der Waals surface area contributed by atoms with Crippen LogP contribution in [0, 0.1) is 5.92 Å². The number of aryl methyl sites for hydroxylation is 1. The first kappa shape index (κ1) is 14.1. The van der Waals surface area contributed by atoms with Crippen molar-refractivity contribution >= 4 is 16.9 Å². The Morgan fingerprint density at radius 1 is 1.52 bits per heavy atom. The van der Waals surface area contributed by atoms with Crippen LogP contribution in [0.4, 0.5) is 0 Å². The molecule has 5 nitrogen and oxygen atoms in total. The number of rotatable bonds is 4. The Morgan fingerprint density at radius 3 is 3.05 bits per heavy atom. The van der Waals surface area contributed by atoms with E-state index in [9.17, 15) is 4.79 Å². The summed E-state index contributed by atoms with van der Waals surface area (Å²) in [5.41, 5.74) is 2.11. The van der Waals surface area contributed by atoms with Crippen LogP contribution < -0.4 is 10.6 Å². The van der Waals surface area contributed by atoms with Crippen LogP contribution in [0.3, 0.4) is 0 Å². The number of carbonyl (C=O) groups is 1. The Bertz CT molecular complexity index is 643. The topological polar surface area (TPSA) is 59.0 Å². The molecule has 5 heteroatoms. The highest BCUT2D eigenvalue weighted by Crippen LogP contribution is 2.21. The van der Waals surface area contributed by atoms with Crippen LogP contribution in [0.15, 0.2) is 24.3 Å². The molecule has 112 valence electrons. The van der Waals surface area contributed by atoms with Crippen molar-refractivity contribution in [2.45, 2.75) is 32.9 Å². The van der Waals surface area contributed by atoms with E-state index in [0.717, 1.165) is 42.9 Å². The lowest BCUT2D eigenvalue weighted by molar-refractivity contribution is -0.125. The van der Waals surface area contributed by atoms with Gasteiger partial charge in [-0.15, -0.1) is 0 Å². The monoisotopic (exact) mass is 286 g/mol. The van der Waals surface area contributed by atoms with E-state index in [4.69, 9.17) is 4.98 Å². The first-order valence-corrected chi connectivity index (χ1v) is 7.67. The van der Waals surface area contributed by atoms with Crippen molar-refractivity contribution in [2.24, 2.45) is 5.92 Å². The number of para-hydroxylation sites is 2. The molecule has 1 aliphatic heterocycles. The van der Waals surface area contributed by atoms with Gasteiger partial charge in [-0.05, 0) is 38.9 Å². The number of carbonyl (C=O) groups excluding carboxylic acids is 1. The standard InChI is InChI=1S/C16H22N4O/c1-3-20-14-7-5-4-6-13(14)19-15(20)11(2)18-16(21)12-8-9-17-10-12/h4-7,11-12,17H,3,8-10H2,1-2H3,(H,18,21). The molecule has 1 aliphatic rings. The average Bonchev–Trinajstić information content (AvgIpc) is 3.14. The lowest BCUT2D eigenvalue weighted by atomic mass is 10.1. The fourth-order valence-electron chi connectivity index (χ4n) is 3.03. The SMILES string of the molecule is CCn1c(C(C)NC(=O)C2CCNC2)nc2ccccc21. The van der Waals surface area contributed by atoms with E-state index in [1.807, 2.05) is 25.1 Å². The molecule has 3 rings (SSSR count). The maximum absolute atomic E-state index is 12.3. The molecule has 1 fully saturated rings. The molecule has 1 amide bonds. The molecule has 2 unspecified atom stereocenters. The fraction of sp³-hybridized carbons (Fsp3) is 0.500. The third-order valence-corrected chi connectivity index (χ3v) is 4.18. The van der Waals surface area contributed by atoms with Gasteiger partial charge < -0.3 is 15.2 Å². The molecule has 0 saturated carbocycles. The Morgan fingerprint density at radius 2 is 2.33 bits per heavy atom. The first-order valence-electron chi connectivity index (χ1n) is 7.67. The molecule has 0 bridgehead atoms. The Hall–Kier alpha value is -1.88. The van der Waals surface area contributed by atoms with Crippen molar-refractivity contribution in [3.05, 3.63) is 30.1 Å². The van der Waals surface area contributed by atoms with Gasteiger partial charge in [0.05, 0.1) is 23.0 Å². The maximum atomic E-state index is 12.3. The number of hydrogen-bond acceptors (Lipinski definition) is 3. The second-order valence-corrected chi connectivity index (χ2v) is 5.62. The van der Waals surface area contributed by atoms with E-state index in [2.05, 4.69) is 28.2 Å². The van der Waals surface area contributed by atoms with Gasteiger partial charge in [0.1, 0.15) is 5.82 Å². The van der Waals surface area contributed by atoms with Crippen LogP contribution >= 0.6 is 0 Å². The molecular formula is C16H22N4O. The van der Waals surface area contributed by atoms with Crippen LogP contribution in [-0.4, -0.2) is 28.5 Å². The van der Waals surface area contributed by atoms with Crippen molar-refractivity contribution in [1.29, 1.82) is 0 Å². The molecule has 0 radical (unpaired) electrons. The summed E-state index contributed by atoms with van der Waals surface area (Å²) in [6, 6.07) is 8.02. The zero-order valence-electron chi connectivity index (χ0n) is 12.6. The zero-order valence-corrected chi connectivity index (χ0v) is 12.6. The predicted octanol–water partition coefficient (Wildman–Crippen LogP) is 1.84. The summed E-state index contributed by atoms with van der Waals surface area (Å²) in [6.45, 7) is 6.67. The van der Waals surface area contributed by atoms with Crippen molar-refractivity contribution in [1.82, 2.24) is 20.2 Å². The number of imidazole rings is 1. The predicted molar refractivity (Wildman–Crippen MR) is 82.9 cm³/mol. The van der Waals surface area contributed by atoms with E-state index < -0.39 is 0 Å². The highest BCUT2D eigenvalue weighted by atomic mass is 16.2. The van der Waals surface area contributed by atoms with Gasteiger partial charge >= 0.3 is 0 Å². The van der Waals surface area contributed by atoms with Crippen LogP contribution in [0.5, 0.6) is 0 Å². The molecule has 0 spiro atoms. The summed E-state index contributed by atoms with van der Waals surface area (Å²) >= 11 is 0. The van der Waals surface area contributed by atoms with E-state index in [0.29, 0.717) is 0 Å². The zero-order chi connectivity index (χ0) is 14.8. The third-order valence-electron chi connectivity index (χ3n) is 4.18. The summed E-state index contributed by atoms with van der Waals surface area (Å²) in [7, 11) is 0. The van der Waals surface area contributed by atoms with Crippen LogP contribution in [0.2, 0.25) is 0 Å². The Kier molecular flexibility index (Phi) is 3.92. The molecule has 2 N–H and O–H groups in total. The van der Waals surface area contributed by atoms with Gasteiger partial charge in [-0.3, -0.25) is 4.79 Å². The van der Waals surface area contributed by atoms with Crippen molar-refractivity contribution in [3.63, 3.8) is 0 Å². The van der Waals surface area contributed by atoms with Gasteiger partial charge in [0.25, 0.3) is 0 Å². The summed E-state index contributed by atoms with van der Waals surface area (Å²) in [4.78, 5) is 17.0. The number of fused-ring (bicyclic) bond motifs is 1. The Balaban J connectivity index is 1.83. The van der Waals surface area contributed by atoms with Gasteiger partial charge in [-0.25, -0.2) is 4.98 Å². The second-order valence-electron chi connectivity index (χ2n) is 5.62. The summed E-state index contributed by atoms with van der Waals surface area (Å²) in [5, 5.41) is 6.34. The Labute approximate surface area is 124 Å². The molecule has 1 aromatic carbocycles. The summed E-state index contributed by atoms with van der Waals surface area (Å²) in [5.74, 6) is 1.15. The average molecular weight is 286 g/mol. The fourth-order valence-corrected chi connectivity index (χ4v) is 3.03. The van der Waals surface area contributed by atoms with Gasteiger partial charge in [0.15, 0.2) is 0 Å². The molecule has 1 aromatic heterocycles. The molecule has 21 heavy (non-hydrogen) atoms. The molecule has 2 aromatic rings. The normalized spacial score (nSPS) is 19.8. The number of hydrogen-bond donors (Lipinski definition) is 2. The van der Waals surface area contributed by atoms with Gasteiger partial charge in [0.2, 0.25) is 5.91 Å². The summed E-state index contributed by atoms with van der Waals surface area (Å²) in [6.07, 6.45) is 0.919. The van der Waals surface area contributed by atoms with Crippen LogP contribution in [0.25, 0.3) is 11.0 Å². The van der Waals surface area contributed by atoms with E-state index >= 15 is 0 Å². The van der Waals surface area contributed by atoms with E-state index in [1.165, 1.54) is 0 Å². The number of aromatic nitrogens is 2. The van der Waals surface area contributed by atoms with E-state index in [1.54, 1.807) is 0 Å². The van der Waals surface area contributed by atoms with Crippen LogP contribution in [0.1, 0.15) is 32.1 Å². The lowest BCUT2D eigenvalue weighted by Crippen LogP contribution is -2.34. The van der Waals surface area contributed by atoms with Crippen molar-refractivity contribution in [3.8, 4) is 0 Å². The quantitative estimate of drug-likeness (QED) is 0.901. The first-order chi connectivity index (χ1) is 10.2. The maximum Gasteiger partial charge on any atom is 0.225 e. The highest BCUT2D eigenvalue weighted by molar-refractivity contribution is 5.80. The van der Waals surface area contributed by atoms with E-state index in [-0.39, 0.29) is 17.9 Å². The molecule has 0 aliphatic carbocycles. The van der Waals surface area contributed by atoms with Gasteiger partial charge in [-0.2, -0.15) is 0 Å². The molecule has 2 atom stereocenters. The minimum atomic E-state index is -0.0783. The minimum absolute atomic E-state index is 0.0783. The summed E-state index contributed by atoms with van der Waals surface area (Å²) < 4.78 is 2.17. The van der Waals surface area contributed by atoms with Crippen LogP contribution in [-0.2, 0) is 11.3 Å². The lowest BCUT2D eigenvalue weighted by Gasteiger charge is -2.17. The smallest absolute Gasteiger partial charge is 0.225 e. The van der Waals surface area contributed by atoms with Gasteiger partial charge in [-0.1, -0.05) is 12.1 Å². The number of nitrogens with zero attached hydrogens (tertiary/aromatic N) is 2. The number of nitrogens with one attached hydrogen (secondary N) is 2. The van der Waals surface area contributed by atoms with Crippen molar-refractivity contribution in [2.75, 3.05) is 13.1 Å². The molecule has 2 heterocycles. The minimum Gasteiger partial charge on any atom is -0.346 e. The highest BCUT2D eigenvalue weighted by Gasteiger charge is 2.25.